The molecule has 86 heavy (non-hydrogen) atoms. The Labute approximate surface area is 511 Å². The zero-order chi connectivity index (χ0) is 59.9. The SMILES string of the molecule is CC(C)(C)c1ccc(-c2cc(-c3ccc(C(C)(C)C)cc3)cc(-c3cccc(C4(c5cccc(-c6cc(-c7ccc(C(C)(C)C)cc7)cc(-c7ccc(C(C)(C)C)cc7)c6)c5)c5cc6c(cc5-c5c(-c7ccccc7)cccc54)OCO6)c3)c2)cc1. The Morgan fingerprint density at radius 3 is 0.965 bits per heavy atom. The lowest BCUT2D eigenvalue weighted by Crippen LogP contribution is -2.28. The van der Waals surface area contributed by atoms with Crippen molar-refractivity contribution in [1.29, 1.82) is 0 Å². The van der Waals surface area contributed by atoms with E-state index < -0.39 is 5.41 Å². The number of hydrogen-bond acceptors (Lipinski definition) is 2. The monoisotopic (exact) mass is 1120 g/mol. The van der Waals surface area contributed by atoms with Gasteiger partial charge in [0, 0.05) is 0 Å². The molecule has 1 aliphatic heterocycles. The van der Waals surface area contributed by atoms with Gasteiger partial charge in [-0.05, 0) is 216 Å². The smallest absolute Gasteiger partial charge is 0.231 e. The van der Waals surface area contributed by atoms with Gasteiger partial charge in [-0.15, -0.1) is 0 Å². The van der Waals surface area contributed by atoms with E-state index >= 15 is 0 Å². The van der Waals surface area contributed by atoms with Gasteiger partial charge in [-0.2, -0.15) is 0 Å². The Hall–Kier alpha value is -8.98. The molecule has 0 atom stereocenters. The molecule has 0 aromatic heterocycles. The van der Waals surface area contributed by atoms with Crippen molar-refractivity contribution in [3.63, 3.8) is 0 Å². The first-order valence-corrected chi connectivity index (χ1v) is 30.7. The van der Waals surface area contributed by atoms with Gasteiger partial charge in [0.1, 0.15) is 0 Å². The third-order valence-corrected chi connectivity index (χ3v) is 18.2. The number of rotatable bonds is 9. The lowest BCUT2D eigenvalue weighted by Gasteiger charge is -2.35. The molecule has 2 nitrogen and oxygen atoms in total. The van der Waals surface area contributed by atoms with Gasteiger partial charge in [-0.3, -0.25) is 0 Å². The maximum absolute atomic E-state index is 6.39. The van der Waals surface area contributed by atoms with E-state index in [0.717, 1.165) is 50.4 Å². The summed E-state index contributed by atoms with van der Waals surface area (Å²) in [6, 6.07) is 92.2. The summed E-state index contributed by atoms with van der Waals surface area (Å²) in [5.74, 6) is 1.52. The highest BCUT2D eigenvalue weighted by atomic mass is 16.7. The molecule has 11 aromatic rings. The first-order valence-electron chi connectivity index (χ1n) is 30.7. The van der Waals surface area contributed by atoms with E-state index in [-0.39, 0.29) is 28.5 Å². The molecule has 1 aliphatic carbocycles. The lowest BCUT2D eigenvalue weighted by molar-refractivity contribution is 0.174. The van der Waals surface area contributed by atoms with Crippen LogP contribution >= 0.6 is 0 Å². The molecule has 2 aliphatic rings. The van der Waals surface area contributed by atoms with Crippen LogP contribution in [-0.4, -0.2) is 6.79 Å². The summed E-state index contributed by atoms with van der Waals surface area (Å²) < 4.78 is 12.7. The van der Waals surface area contributed by atoms with Gasteiger partial charge in [0.15, 0.2) is 11.5 Å². The van der Waals surface area contributed by atoms with Crippen LogP contribution in [0.3, 0.4) is 0 Å². The van der Waals surface area contributed by atoms with E-state index in [1.165, 1.54) is 94.6 Å². The van der Waals surface area contributed by atoms with Crippen molar-refractivity contribution in [2.24, 2.45) is 0 Å². The summed E-state index contributed by atoms with van der Waals surface area (Å²) >= 11 is 0. The number of fused-ring (bicyclic) bond motifs is 4. The van der Waals surface area contributed by atoms with Crippen LogP contribution < -0.4 is 9.47 Å². The normalized spacial score (nSPS) is 13.6. The Morgan fingerprint density at radius 2 is 0.593 bits per heavy atom. The number of hydrogen-bond donors (Lipinski definition) is 0. The molecule has 11 aromatic carbocycles. The van der Waals surface area contributed by atoms with Crippen LogP contribution in [0.15, 0.2) is 243 Å². The molecule has 0 saturated carbocycles. The predicted octanol–water partition coefficient (Wildman–Crippen LogP) is 22.6. The topological polar surface area (TPSA) is 18.5 Å². The second-order valence-electron chi connectivity index (χ2n) is 28.2. The Balaban J connectivity index is 1.05. The van der Waals surface area contributed by atoms with E-state index in [1.807, 2.05) is 0 Å². The molecule has 0 N–H and O–H groups in total. The Kier molecular flexibility index (Phi) is 13.9. The van der Waals surface area contributed by atoms with Gasteiger partial charge in [-0.1, -0.05) is 265 Å². The summed E-state index contributed by atoms with van der Waals surface area (Å²) in [6.45, 7) is 27.6. The molecule has 0 fully saturated rings. The van der Waals surface area contributed by atoms with Gasteiger partial charge in [0.2, 0.25) is 6.79 Å². The minimum Gasteiger partial charge on any atom is -0.454 e. The second-order valence-corrected chi connectivity index (χ2v) is 28.2. The van der Waals surface area contributed by atoms with Crippen molar-refractivity contribution in [1.82, 2.24) is 0 Å². The van der Waals surface area contributed by atoms with E-state index in [0.29, 0.717) is 0 Å². The fourth-order valence-electron chi connectivity index (χ4n) is 13.2. The predicted molar refractivity (Wildman–Crippen MR) is 363 cm³/mol. The molecule has 0 saturated heterocycles. The summed E-state index contributed by atoms with van der Waals surface area (Å²) in [4.78, 5) is 0. The van der Waals surface area contributed by atoms with Gasteiger partial charge >= 0.3 is 0 Å². The van der Waals surface area contributed by atoms with Gasteiger partial charge in [0.05, 0.1) is 5.41 Å². The summed E-state index contributed by atoms with van der Waals surface area (Å²) in [7, 11) is 0. The van der Waals surface area contributed by atoms with E-state index in [1.54, 1.807) is 0 Å². The minimum absolute atomic E-state index is 0.0413. The molecule has 0 amide bonds. The average molecular weight is 1120 g/mol. The van der Waals surface area contributed by atoms with Crippen LogP contribution in [0.4, 0.5) is 0 Å². The van der Waals surface area contributed by atoms with Gasteiger partial charge < -0.3 is 9.47 Å². The number of ether oxygens (including phenoxy) is 2. The highest BCUT2D eigenvalue weighted by Crippen LogP contribution is 2.61. The third kappa shape index (κ3) is 10.4. The van der Waals surface area contributed by atoms with Crippen molar-refractivity contribution in [3.8, 4) is 101 Å². The van der Waals surface area contributed by atoms with Crippen molar-refractivity contribution in [2.75, 3.05) is 6.79 Å². The summed E-state index contributed by atoms with van der Waals surface area (Å²) in [6.07, 6.45) is 0. The quantitative estimate of drug-likeness (QED) is 0.143. The zero-order valence-electron chi connectivity index (χ0n) is 52.1. The number of benzene rings is 11. The maximum Gasteiger partial charge on any atom is 0.231 e. The summed E-state index contributed by atoms with van der Waals surface area (Å²) in [5.41, 5.74) is 28.1. The molecular weight excluding hydrogens is 1040 g/mol. The Bertz CT molecular complexity index is 3980. The van der Waals surface area contributed by atoms with Gasteiger partial charge in [-0.25, -0.2) is 0 Å². The Morgan fingerprint density at radius 1 is 0.256 bits per heavy atom. The first kappa shape index (κ1) is 56.2. The lowest BCUT2D eigenvalue weighted by atomic mass is 9.66. The first-order chi connectivity index (χ1) is 41.1. The standard InChI is InChI=1S/C84H78O2/c1-80(2,3)67-35-27-54(28-36-67)61-43-62(55-29-37-68(38-30-55)81(4,5)6)46-65(45-61)59-21-16-23-71(49-59)84(75-26-18-25-73(58-19-14-13-15-20-58)79(75)74-51-77-78(52-76(74)84)86-53-85-77)72-24-17-22-60(50-72)66-47-63(56-31-39-69(40-32-56)82(7,8)9)44-64(48-66)57-33-41-70(42-34-57)83(10,11)12/h13-52H,53H2,1-12H3. The van der Waals surface area contributed by atoms with Crippen LogP contribution in [0.25, 0.3) is 89.0 Å². The van der Waals surface area contributed by atoms with Crippen LogP contribution in [0.1, 0.15) is 128 Å². The van der Waals surface area contributed by atoms with Crippen LogP contribution in [0, 0.1) is 0 Å². The molecule has 0 bridgehead atoms. The average Bonchev–Trinajstić information content (AvgIpc) is 1.52. The maximum atomic E-state index is 6.39. The largest absolute Gasteiger partial charge is 0.454 e. The molecule has 0 radical (unpaired) electrons. The van der Waals surface area contributed by atoms with E-state index in [9.17, 15) is 0 Å². The molecule has 13 rings (SSSR count). The highest BCUT2D eigenvalue weighted by molar-refractivity contribution is 5.97. The second kappa shape index (κ2) is 21.2. The molecule has 0 unspecified atom stereocenters. The van der Waals surface area contributed by atoms with E-state index in [4.69, 9.17) is 9.47 Å². The molecule has 426 valence electrons. The van der Waals surface area contributed by atoms with Gasteiger partial charge in [0.25, 0.3) is 0 Å². The highest BCUT2D eigenvalue weighted by Gasteiger charge is 2.48. The van der Waals surface area contributed by atoms with Crippen LogP contribution in [-0.2, 0) is 27.1 Å². The minimum atomic E-state index is -0.819. The summed E-state index contributed by atoms with van der Waals surface area (Å²) in [5, 5.41) is 0. The molecule has 1 heterocycles. The molecule has 2 heteroatoms. The molecular formula is C84H78O2. The van der Waals surface area contributed by atoms with Crippen LogP contribution in [0.5, 0.6) is 11.5 Å². The fraction of sp³-hybridized carbons (Fsp3) is 0.214. The third-order valence-electron chi connectivity index (χ3n) is 18.2. The zero-order valence-corrected chi connectivity index (χ0v) is 52.1. The van der Waals surface area contributed by atoms with Crippen molar-refractivity contribution >= 4 is 0 Å². The van der Waals surface area contributed by atoms with Crippen molar-refractivity contribution < 1.29 is 9.47 Å². The van der Waals surface area contributed by atoms with Crippen molar-refractivity contribution in [2.45, 2.75) is 110 Å². The molecule has 0 spiro atoms. The van der Waals surface area contributed by atoms with Crippen molar-refractivity contribution in [3.05, 3.63) is 287 Å². The fourth-order valence-corrected chi connectivity index (χ4v) is 13.2. The van der Waals surface area contributed by atoms with Crippen LogP contribution in [0.2, 0.25) is 0 Å². The van der Waals surface area contributed by atoms with E-state index in [2.05, 4.69) is 326 Å².